The first-order chi connectivity index (χ1) is 7.38. The van der Waals surface area contributed by atoms with Gasteiger partial charge in [0, 0.05) is 11.8 Å². The van der Waals surface area contributed by atoms with Crippen LogP contribution < -0.4 is 0 Å². The van der Waals surface area contributed by atoms with E-state index in [1.807, 2.05) is 31.0 Å². The van der Waals surface area contributed by atoms with Gasteiger partial charge in [-0.1, -0.05) is 31.9 Å². The minimum atomic E-state index is 0.282. The topological polar surface area (TPSA) is 15.6 Å². The number of nitrogens with zero attached hydrogens (tertiary/aromatic N) is 2. The van der Waals surface area contributed by atoms with Gasteiger partial charge in [-0.2, -0.15) is 5.10 Å². The fraction of sp³-hybridized carbons (Fsp3) is 0.357. The zero-order chi connectivity index (χ0) is 12.7. The van der Waals surface area contributed by atoms with Crippen LogP contribution in [-0.2, 0) is 0 Å². The van der Waals surface area contributed by atoms with Gasteiger partial charge in [-0.3, -0.25) is 5.01 Å². The van der Waals surface area contributed by atoms with E-state index in [1.54, 1.807) is 6.08 Å². The summed E-state index contributed by atoms with van der Waals surface area (Å²) in [6.07, 6.45) is 5.49. The highest BCUT2D eigenvalue weighted by molar-refractivity contribution is 5.78. The molecule has 2 heteroatoms. The zero-order valence-electron chi connectivity index (χ0n) is 10.8. The molecule has 0 fully saturated rings. The van der Waals surface area contributed by atoms with Crippen molar-refractivity contribution >= 4 is 5.71 Å². The van der Waals surface area contributed by atoms with Crippen molar-refractivity contribution in [1.29, 1.82) is 0 Å². The molecule has 0 spiro atoms. The Bertz CT molecular complexity index is 329. The van der Waals surface area contributed by atoms with Gasteiger partial charge in [-0.05, 0) is 39.3 Å². The first kappa shape index (κ1) is 14.4. The van der Waals surface area contributed by atoms with E-state index in [0.717, 1.165) is 17.0 Å². The molecule has 0 amide bonds. The van der Waals surface area contributed by atoms with E-state index in [2.05, 4.69) is 38.7 Å². The minimum absolute atomic E-state index is 0.282. The summed E-state index contributed by atoms with van der Waals surface area (Å²) in [6, 6.07) is 0.282. The monoisotopic (exact) mass is 218 g/mol. The molecule has 0 N–H and O–H groups in total. The fourth-order valence-electron chi connectivity index (χ4n) is 1.07. The SMILES string of the molecule is C=CC(=C)C=CC(=C)N(N=C(C)C)C(C)C. The van der Waals surface area contributed by atoms with Gasteiger partial charge in [0.25, 0.3) is 0 Å². The van der Waals surface area contributed by atoms with Crippen LogP contribution in [0.25, 0.3) is 0 Å². The summed E-state index contributed by atoms with van der Waals surface area (Å²) in [6.45, 7) is 19.5. The summed E-state index contributed by atoms with van der Waals surface area (Å²) >= 11 is 0. The summed E-state index contributed by atoms with van der Waals surface area (Å²) in [5, 5.41) is 6.31. The number of hydrogen-bond acceptors (Lipinski definition) is 2. The van der Waals surface area contributed by atoms with E-state index >= 15 is 0 Å². The number of hydrazone groups is 1. The Hall–Kier alpha value is -1.57. The van der Waals surface area contributed by atoms with Crippen LogP contribution >= 0.6 is 0 Å². The molecular weight excluding hydrogens is 196 g/mol. The van der Waals surface area contributed by atoms with Crippen LogP contribution in [0.4, 0.5) is 0 Å². The van der Waals surface area contributed by atoms with E-state index in [9.17, 15) is 0 Å². The van der Waals surface area contributed by atoms with Gasteiger partial charge in [0.1, 0.15) is 0 Å². The highest BCUT2D eigenvalue weighted by Gasteiger charge is 2.07. The van der Waals surface area contributed by atoms with Crippen LogP contribution in [0.3, 0.4) is 0 Å². The van der Waals surface area contributed by atoms with Crippen molar-refractivity contribution in [3.05, 3.63) is 49.2 Å². The summed E-state index contributed by atoms with van der Waals surface area (Å²) in [7, 11) is 0. The smallest absolute Gasteiger partial charge is 0.0525 e. The second kappa shape index (κ2) is 6.83. The van der Waals surface area contributed by atoms with E-state index in [0.29, 0.717) is 0 Å². The second-order valence-corrected chi connectivity index (χ2v) is 4.09. The molecule has 0 heterocycles. The van der Waals surface area contributed by atoms with Gasteiger partial charge in [0.15, 0.2) is 0 Å². The predicted octanol–water partition coefficient (Wildman–Crippen LogP) is 3.90. The lowest BCUT2D eigenvalue weighted by Gasteiger charge is -2.24. The highest BCUT2D eigenvalue weighted by Crippen LogP contribution is 2.11. The van der Waals surface area contributed by atoms with E-state index in [4.69, 9.17) is 0 Å². The first-order valence-corrected chi connectivity index (χ1v) is 5.37. The van der Waals surface area contributed by atoms with Crippen LogP contribution in [0, 0.1) is 0 Å². The van der Waals surface area contributed by atoms with Crippen molar-refractivity contribution in [2.75, 3.05) is 0 Å². The lowest BCUT2D eigenvalue weighted by atomic mass is 10.2. The minimum Gasteiger partial charge on any atom is -0.264 e. The average Bonchev–Trinajstić information content (AvgIpc) is 2.21. The molecule has 88 valence electrons. The molecular formula is C14H22N2. The molecule has 0 aliphatic carbocycles. The largest absolute Gasteiger partial charge is 0.264 e. The highest BCUT2D eigenvalue weighted by atomic mass is 15.5. The van der Waals surface area contributed by atoms with E-state index in [-0.39, 0.29) is 6.04 Å². The standard InChI is InChI=1S/C14H22N2/c1-8-13(6)9-10-14(7)16(12(4)5)15-11(2)3/h8-10,12H,1,6-7H2,2-5H3. The zero-order valence-corrected chi connectivity index (χ0v) is 10.8. The van der Waals surface area contributed by atoms with Crippen molar-refractivity contribution in [3.8, 4) is 0 Å². The Balaban J connectivity index is 4.77. The third kappa shape index (κ3) is 5.35. The maximum absolute atomic E-state index is 4.42. The molecule has 0 aliphatic heterocycles. The lowest BCUT2D eigenvalue weighted by Crippen LogP contribution is -2.24. The van der Waals surface area contributed by atoms with Crippen LogP contribution in [0.2, 0.25) is 0 Å². The molecule has 0 unspecified atom stereocenters. The molecule has 0 aromatic heterocycles. The van der Waals surface area contributed by atoms with Crippen molar-refractivity contribution in [2.24, 2.45) is 5.10 Å². The normalized spacial score (nSPS) is 10.3. The quantitative estimate of drug-likeness (QED) is 0.375. The van der Waals surface area contributed by atoms with Gasteiger partial charge >= 0.3 is 0 Å². The molecule has 0 radical (unpaired) electrons. The second-order valence-electron chi connectivity index (χ2n) is 4.09. The fourth-order valence-corrected chi connectivity index (χ4v) is 1.07. The Labute approximate surface area is 99.4 Å². The number of rotatable bonds is 6. The Morgan fingerprint density at radius 3 is 2.12 bits per heavy atom. The van der Waals surface area contributed by atoms with Crippen LogP contribution in [0.5, 0.6) is 0 Å². The molecule has 0 saturated carbocycles. The molecule has 0 aromatic rings. The number of allylic oxidation sites excluding steroid dienone is 4. The first-order valence-electron chi connectivity index (χ1n) is 5.37. The average molecular weight is 218 g/mol. The Morgan fingerprint density at radius 2 is 1.75 bits per heavy atom. The summed E-state index contributed by atoms with van der Waals surface area (Å²) in [5.74, 6) is 0. The van der Waals surface area contributed by atoms with Crippen LogP contribution in [0.1, 0.15) is 27.7 Å². The van der Waals surface area contributed by atoms with Crippen molar-refractivity contribution < 1.29 is 0 Å². The molecule has 0 bridgehead atoms. The lowest BCUT2D eigenvalue weighted by molar-refractivity contribution is 0.308. The van der Waals surface area contributed by atoms with E-state index < -0.39 is 0 Å². The van der Waals surface area contributed by atoms with Gasteiger partial charge in [0.2, 0.25) is 0 Å². The van der Waals surface area contributed by atoms with Crippen LogP contribution in [-0.4, -0.2) is 16.8 Å². The van der Waals surface area contributed by atoms with Crippen molar-refractivity contribution in [1.82, 2.24) is 5.01 Å². The van der Waals surface area contributed by atoms with Crippen molar-refractivity contribution in [3.63, 3.8) is 0 Å². The third-order valence-electron chi connectivity index (χ3n) is 1.84. The molecule has 16 heavy (non-hydrogen) atoms. The van der Waals surface area contributed by atoms with Gasteiger partial charge in [-0.25, -0.2) is 0 Å². The molecule has 0 aromatic carbocycles. The summed E-state index contributed by atoms with van der Waals surface area (Å²) in [4.78, 5) is 0. The number of hydrogen-bond donors (Lipinski definition) is 0. The molecule has 0 rings (SSSR count). The molecule has 2 nitrogen and oxygen atoms in total. The Morgan fingerprint density at radius 1 is 1.19 bits per heavy atom. The molecule has 0 saturated heterocycles. The van der Waals surface area contributed by atoms with Gasteiger partial charge < -0.3 is 0 Å². The summed E-state index contributed by atoms with van der Waals surface area (Å²) < 4.78 is 0. The Kier molecular flexibility index (Phi) is 6.16. The van der Waals surface area contributed by atoms with Crippen molar-refractivity contribution in [2.45, 2.75) is 33.7 Å². The summed E-state index contributed by atoms with van der Waals surface area (Å²) in [5.41, 5.74) is 2.71. The third-order valence-corrected chi connectivity index (χ3v) is 1.84. The van der Waals surface area contributed by atoms with Crippen LogP contribution in [0.15, 0.2) is 54.3 Å². The predicted molar refractivity (Wildman–Crippen MR) is 73.4 cm³/mol. The maximum atomic E-state index is 4.42. The van der Waals surface area contributed by atoms with Gasteiger partial charge in [0.05, 0.1) is 5.70 Å². The molecule has 0 atom stereocenters. The van der Waals surface area contributed by atoms with Gasteiger partial charge in [-0.15, -0.1) is 0 Å². The maximum Gasteiger partial charge on any atom is 0.0525 e. The molecule has 0 aliphatic rings. The van der Waals surface area contributed by atoms with E-state index in [1.165, 1.54) is 0 Å².